The van der Waals surface area contributed by atoms with E-state index in [1.54, 1.807) is 6.07 Å². The van der Waals surface area contributed by atoms with Gasteiger partial charge in [0.1, 0.15) is 6.04 Å². The number of halogens is 1. The highest BCUT2D eigenvalue weighted by Crippen LogP contribution is 2.29. The lowest BCUT2D eigenvalue weighted by atomic mass is 10.0. The first-order valence-electron chi connectivity index (χ1n) is 11.8. The number of carbonyl (C=O) groups is 1. The van der Waals surface area contributed by atoms with Crippen molar-refractivity contribution < 1.29 is 9.90 Å². The number of amides is 1. The Labute approximate surface area is 218 Å². The molecule has 0 unspecified atom stereocenters. The topological polar surface area (TPSA) is 109 Å². The lowest BCUT2D eigenvalue weighted by molar-refractivity contribution is -0.118. The van der Waals surface area contributed by atoms with Gasteiger partial charge >= 0.3 is 0 Å². The molecule has 1 amide bonds. The molecule has 4 aromatic carbocycles. The van der Waals surface area contributed by atoms with E-state index in [0.29, 0.717) is 22.9 Å². The van der Waals surface area contributed by atoms with Crippen molar-refractivity contribution in [1.82, 2.24) is 9.13 Å². The molecule has 5 aromatic rings. The van der Waals surface area contributed by atoms with Crippen LogP contribution < -0.4 is 16.7 Å². The molecule has 1 heterocycles. The molecule has 0 bridgehead atoms. The summed E-state index contributed by atoms with van der Waals surface area (Å²) in [7, 11) is 0. The average Bonchev–Trinajstić information content (AvgIpc) is 3.20. The summed E-state index contributed by atoms with van der Waals surface area (Å²) < 4.78 is 3.85. The smallest absolute Gasteiger partial charge is 0.243 e. The summed E-state index contributed by atoms with van der Waals surface area (Å²) in [5.74, 6) is -0.452. The van der Waals surface area contributed by atoms with E-state index in [1.165, 1.54) is 0 Å². The molecule has 0 saturated heterocycles. The molecular weight excluding hydrogens is 486 g/mol. The monoisotopic (exact) mass is 511 g/mol. The second kappa shape index (κ2) is 10.4. The fraction of sp³-hybridized carbons (Fsp3) is 0.103. The molecular formula is C29H26ClN5O2. The van der Waals surface area contributed by atoms with E-state index in [-0.39, 0.29) is 0 Å². The molecule has 186 valence electrons. The summed E-state index contributed by atoms with van der Waals surface area (Å²) in [6.45, 7) is 0.0482. The Morgan fingerprint density at radius 3 is 2.30 bits per heavy atom. The summed E-state index contributed by atoms with van der Waals surface area (Å²) in [5.41, 5.74) is 12.0. The minimum atomic E-state index is -0.995. The third kappa shape index (κ3) is 4.80. The number of aliphatic hydroxyl groups is 1. The summed E-state index contributed by atoms with van der Waals surface area (Å²) in [6.07, 6.45) is 0. The molecule has 0 aliphatic rings. The van der Waals surface area contributed by atoms with Crippen molar-refractivity contribution >= 4 is 34.2 Å². The number of benzene rings is 4. The van der Waals surface area contributed by atoms with Gasteiger partial charge in [0, 0.05) is 22.0 Å². The molecule has 5 rings (SSSR count). The zero-order valence-electron chi connectivity index (χ0n) is 19.9. The number of nitrogens with one attached hydrogen (secondary N) is 2. The zero-order chi connectivity index (χ0) is 25.9. The van der Waals surface area contributed by atoms with Gasteiger partial charge in [0.05, 0.1) is 24.2 Å². The van der Waals surface area contributed by atoms with Gasteiger partial charge in [-0.3, -0.25) is 14.8 Å². The van der Waals surface area contributed by atoms with E-state index < -0.39 is 18.6 Å². The Hall–Kier alpha value is -4.17. The van der Waals surface area contributed by atoms with Crippen molar-refractivity contribution in [3.63, 3.8) is 0 Å². The van der Waals surface area contributed by atoms with Crippen LogP contribution in [0.25, 0.3) is 27.8 Å². The molecule has 0 fully saturated rings. The quantitative estimate of drug-likeness (QED) is 0.257. The van der Waals surface area contributed by atoms with Crippen molar-refractivity contribution in [2.75, 3.05) is 11.9 Å². The predicted molar refractivity (Wildman–Crippen MR) is 147 cm³/mol. The van der Waals surface area contributed by atoms with E-state index in [9.17, 15) is 9.90 Å². The lowest BCUT2D eigenvalue weighted by Gasteiger charge is -2.14. The van der Waals surface area contributed by atoms with Crippen molar-refractivity contribution in [3.8, 4) is 16.8 Å². The van der Waals surface area contributed by atoms with Gasteiger partial charge in [0.25, 0.3) is 0 Å². The van der Waals surface area contributed by atoms with Crippen LogP contribution in [0.2, 0.25) is 5.02 Å². The fourth-order valence-corrected chi connectivity index (χ4v) is 4.59. The summed E-state index contributed by atoms with van der Waals surface area (Å²) >= 11 is 6.42. The van der Waals surface area contributed by atoms with Crippen LogP contribution in [-0.4, -0.2) is 32.8 Å². The van der Waals surface area contributed by atoms with Crippen LogP contribution in [0.4, 0.5) is 5.69 Å². The molecule has 0 saturated carbocycles. The second-order valence-electron chi connectivity index (χ2n) is 8.70. The van der Waals surface area contributed by atoms with Crippen molar-refractivity contribution in [2.45, 2.75) is 12.6 Å². The summed E-state index contributed by atoms with van der Waals surface area (Å²) in [6, 6.07) is 29.9. The summed E-state index contributed by atoms with van der Waals surface area (Å²) in [5, 5.41) is 21.7. The minimum absolute atomic E-state index is 0.333. The molecule has 0 aliphatic heterocycles. The normalized spacial score (nSPS) is 12.0. The third-order valence-electron chi connectivity index (χ3n) is 6.32. The number of fused-ring (bicyclic) bond motifs is 1. The number of aliphatic hydroxyl groups excluding tert-OH is 1. The predicted octanol–water partition coefficient (Wildman–Crippen LogP) is 4.54. The van der Waals surface area contributed by atoms with Crippen molar-refractivity contribution in [3.05, 3.63) is 113 Å². The van der Waals surface area contributed by atoms with Gasteiger partial charge in [-0.1, -0.05) is 72.3 Å². The number of hydrogen-bond donors (Lipinski definition) is 4. The first-order chi connectivity index (χ1) is 18.0. The van der Waals surface area contributed by atoms with E-state index in [1.807, 2.05) is 100 Å². The van der Waals surface area contributed by atoms with E-state index in [2.05, 4.69) is 5.32 Å². The second-order valence-corrected chi connectivity index (χ2v) is 9.10. The Bertz CT molecular complexity index is 1640. The van der Waals surface area contributed by atoms with Crippen LogP contribution in [0.3, 0.4) is 0 Å². The van der Waals surface area contributed by atoms with Crippen LogP contribution in [0.1, 0.15) is 5.56 Å². The first kappa shape index (κ1) is 24.5. The van der Waals surface area contributed by atoms with Crippen molar-refractivity contribution in [1.29, 1.82) is 5.41 Å². The van der Waals surface area contributed by atoms with Gasteiger partial charge in [0.15, 0.2) is 0 Å². The molecule has 1 atom stereocenters. The first-order valence-corrected chi connectivity index (χ1v) is 12.2. The van der Waals surface area contributed by atoms with Gasteiger partial charge in [-0.2, -0.15) is 0 Å². The van der Waals surface area contributed by atoms with Crippen LogP contribution in [0, 0.1) is 5.41 Å². The Kier molecular flexibility index (Phi) is 6.92. The zero-order valence-corrected chi connectivity index (χ0v) is 20.7. The third-order valence-corrected chi connectivity index (χ3v) is 6.69. The largest absolute Gasteiger partial charge is 0.394 e. The molecule has 37 heavy (non-hydrogen) atoms. The van der Waals surface area contributed by atoms with Crippen molar-refractivity contribution in [2.24, 2.45) is 5.73 Å². The van der Waals surface area contributed by atoms with Crippen LogP contribution in [0.5, 0.6) is 0 Å². The number of anilines is 1. The SMILES string of the molecule is N=c1n(Cc2ccccc2Cl)c2ccccc2n1-c1ccc(-c2ccccc2NC(=O)[C@H](N)CO)cc1. The number of aromatic nitrogens is 2. The van der Waals surface area contributed by atoms with Gasteiger partial charge in [0.2, 0.25) is 11.5 Å². The Morgan fingerprint density at radius 1 is 0.919 bits per heavy atom. The molecule has 0 radical (unpaired) electrons. The van der Waals surface area contributed by atoms with Crippen LogP contribution in [0.15, 0.2) is 97.1 Å². The highest BCUT2D eigenvalue weighted by Gasteiger charge is 2.16. The number of carbonyl (C=O) groups excluding carboxylic acids is 1. The molecule has 0 spiro atoms. The molecule has 8 heteroatoms. The summed E-state index contributed by atoms with van der Waals surface area (Å²) in [4.78, 5) is 12.3. The number of imidazole rings is 1. The van der Waals surface area contributed by atoms with E-state index in [0.717, 1.165) is 33.4 Å². The minimum Gasteiger partial charge on any atom is -0.394 e. The van der Waals surface area contributed by atoms with E-state index >= 15 is 0 Å². The number of nitrogens with two attached hydrogens (primary N) is 1. The number of nitrogens with zero attached hydrogens (tertiary/aromatic N) is 2. The maximum absolute atomic E-state index is 12.3. The molecule has 7 nitrogen and oxygen atoms in total. The van der Waals surface area contributed by atoms with Crippen LogP contribution >= 0.6 is 11.6 Å². The number of hydrogen-bond acceptors (Lipinski definition) is 4. The standard InChI is InChI=1S/C29H26ClN5O2/c30-23-9-3-1-7-20(23)17-34-26-11-5-6-12-27(26)35(29(34)32)21-15-13-19(14-16-21)22-8-2-4-10-25(22)33-28(37)24(31)18-36/h1-16,24,32,36H,17-18,31H2,(H,33,37)/t24-/m1/s1. The van der Waals surface area contributed by atoms with Gasteiger partial charge in [-0.05, 0) is 47.5 Å². The maximum atomic E-state index is 12.3. The molecule has 0 aliphatic carbocycles. The highest BCUT2D eigenvalue weighted by molar-refractivity contribution is 6.31. The Morgan fingerprint density at radius 2 is 1.57 bits per heavy atom. The van der Waals surface area contributed by atoms with Gasteiger partial charge in [-0.15, -0.1) is 0 Å². The van der Waals surface area contributed by atoms with Gasteiger partial charge < -0.3 is 20.7 Å². The Balaban J connectivity index is 1.53. The van der Waals surface area contributed by atoms with Crippen LogP contribution in [-0.2, 0) is 11.3 Å². The molecule has 5 N–H and O–H groups in total. The maximum Gasteiger partial charge on any atom is 0.243 e. The van der Waals surface area contributed by atoms with Gasteiger partial charge in [-0.25, -0.2) is 0 Å². The highest BCUT2D eigenvalue weighted by atomic mass is 35.5. The fourth-order valence-electron chi connectivity index (χ4n) is 4.39. The number of rotatable bonds is 7. The average molecular weight is 512 g/mol. The lowest BCUT2D eigenvalue weighted by Crippen LogP contribution is -2.38. The number of para-hydroxylation sites is 3. The molecule has 1 aromatic heterocycles. The van der Waals surface area contributed by atoms with E-state index in [4.69, 9.17) is 22.7 Å².